The molecule has 2 N–H and O–H groups in total. The van der Waals surface area contributed by atoms with Crippen molar-refractivity contribution < 1.29 is 31.9 Å². The molecule has 0 atom stereocenters. The Balaban J connectivity index is 1.23. The summed E-state index contributed by atoms with van der Waals surface area (Å²) in [7, 11) is 1.78. The van der Waals surface area contributed by atoms with E-state index in [4.69, 9.17) is 4.74 Å². The zero-order chi connectivity index (χ0) is 27.8. The summed E-state index contributed by atoms with van der Waals surface area (Å²) in [6, 6.07) is 11.0. The predicted octanol–water partition coefficient (Wildman–Crippen LogP) is 5.79. The minimum Gasteiger partial charge on any atom is -0.457 e. The molecule has 2 aromatic carbocycles. The van der Waals surface area contributed by atoms with Gasteiger partial charge in [-0.3, -0.25) is 19.3 Å². The molecule has 1 fully saturated rings. The number of rotatable bonds is 7. The van der Waals surface area contributed by atoms with Crippen molar-refractivity contribution in [2.24, 2.45) is 12.5 Å². The molecule has 2 heterocycles. The van der Waals surface area contributed by atoms with Gasteiger partial charge in [0.05, 0.1) is 23.1 Å². The van der Waals surface area contributed by atoms with Crippen LogP contribution in [0.15, 0.2) is 73.2 Å². The lowest BCUT2D eigenvalue weighted by atomic mass is 10.0. The normalized spacial score (nSPS) is 14.0. The molecular formula is C27H21F4N5O3. The van der Waals surface area contributed by atoms with Crippen LogP contribution in [0.1, 0.15) is 18.4 Å². The smallest absolute Gasteiger partial charge is 0.416 e. The first-order valence-corrected chi connectivity index (χ1v) is 11.8. The fourth-order valence-corrected chi connectivity index (χ4v) is 3.90. The third-order valence-corrected chi connectivity index (χ3v) is 6.25. The number of hydrogen-bond donors (Lipinski definition) is 2. The Morgan fingerprint density at radius 1 is 0.974 bits per heavy atom. The number of amides is 2. The molecule has 2 aromatic heterocycles. The molecule has 5 rings (SSSR count). The van der Waals surface area contributed by atoms with E-state index < -0.39 is 34.8 Å². The number of nitrogens with zero attached hydrogens (tertiary/aromatic N) is 3. The summed E-state index contributed by atoms with van der Waals surface area (Å²) in [4.78, 5) is 29.9. The molecule has 0 spiro atoms. The number of carbonyl (C=O) groups is 2. The molecule has 0 bridgehead atoms. The van der Waals surface area contributed by atoms with E-state index in [1.54, 1.807) is 42.5 Å². The zero-order valence-corrected chi connectivity index (χ0v) is 20.4. The number of aromatic nitrogens is 3. The third kappa shape index (κ3) is 5.59. The van der Waals surface area contributed by atoms with Gasteiger partial charge in [-0.2, -0.15) is 18.3 Å². The van der Waals surface area contributed by atoms with Gasteiger partial charge < -0.3 is 15.4 Å². The van der Waals surface area contributed by atoms with Gasteiger partial charge in [-0.1, -0.05) is 0 Å². The molecule has 0 aliphatic heterocycles. The Bertz CT molecular complexity index is 1550. The lowest BCUT2D eigenvalue weighted by molar-refractivity contribution is -0.137. The second kappa shape index (κ2) is 9.86. The molecule has 4 aromatic rings. The maximum atomic E-state index is 14.8. The maximum absolute atomic E-state index is 14.8. The Kier molecular flexibility index (Phi) is 6.54. The van der Waals surface area contributed by atoms with Gasteiger partial charge in [-0.05, 0) is 55.3 Å². The average Bonchev–Trinajstić information content (AvgIpc) is 3.60. The summed E-state index contributed by atoms with van der Waals surface area (Å²) in [5, 5.41) is 9.01. The van der Waals surface area contributed by atoms with E-state index >= 15 is 0 Å². The van der Waals surface area contributed by atoms with Crippen molar-refractivity contribution in [3.8, 4) is 22.8 Å². The lowest BCUT2D eigenvalue weighted by Gasteiger charge is -2.16. The number of alkyl halides is 3. The SMILES string of the molecule is Cn1cc(-c2cc(Oc3ccc(NC(=O)C4(C(=O)Nc5ccc(C(F)(F)F)cc5)CC4)c(F)c3)ccn2)cn1. The van der Waals surface area contributed by atoms with Crippen LogP contribution >= 0.6 is 0 Å². The van der Waals surface area contributed by atoms with Crippen LogP contribution in [0.25, 0.3) is 11.3 Å². The van der Waals surface area contributed by atoms with Crippen molar-refractivity contribution in [1.82, 2.24) is 14.8 Å². The number of nitrogens with one attached hydrogen (secondary N) is 2. The Hall–Kier alpha value is -4.74. The second-order valence-corrected chi connectivity index (χ2v) is 9.09. The van der Waals surface area contributed by atoms with Gasteiger partial charge in [0, 0.05) is 42.8 Å². The van der Waals surface area contributed by atoms with E-state index in [2.05, 4.69) is 20.7 Å². The molecule has 1 aliphatic rings. The number of pyridine rings is 1. The van der Waals surface area contributed by atoms with Gasteiger partial charge >= 0.3 is 6.18 Å². The van der Waals surface area contributed by atoms with Crippen LogP contribution in [0, 0.1) is 11.2 Å². The molecule has 0 radical (unpaired) electrons. The van der Waals surface area contributed by atoms with E-state index in [1.807, 2.05) is 0 Å². The number of carbonyl (C=O) groups excluding carboxylic acids is 2. The predicted molar refractivity (Wildman–Crippen MR) is 133 cm³/mol. The number of anilines is 2. The molecule has 12 heteroatoms. The molecule has 39 heavy (non-hydrogen) atoms. The van der Waals surface area contributed by atoms with Crippen molar-refractivity contribution in [3.63, 3.8) is 0 Å². The average molecular weight is 539 g/mol. The fraction of sp³-hybridized carbons (Fsp3) is 0.185. The summed E-state index contributed by atoms with van der Waals surface area (Å²) in [5.74, 6) is -1.58. The van der Waals surface area contributed by atoms with Crippen LogP contribution in [-0.4, -0.2) is 26.6 Å². The molecule has 0 unspecified atom stereocenters. The zero-order valence-electron chi connectivity index (χ0n) is 20.4. The fourth-order valence-electron chi connectivity index (χ4n) is 3.90. The van der Waals surface area contributed by atoms with Gasteiger partial charge in [0.25, 0.3) is 0 Å². The van der Waals surface area contributed by atoms with Gasteiger partial charge in [0.15, 0.2) is 0 Å². The van der Waals surface area contributed by atoms with Crippen LogP contribution in [0.4, 0.5) is 28.9 Å². The largest absolute Gasteiger partial charge is 0.457 e. The monoisotopic (exact) mass is 539 g/mol. The number of ether oxygens (including phenoxy) is 1. The summed E-state index contributed by atoms with van der Waals surface area (Å²) in [6.07, 6.45) is 0.920. The van der Waals surface area contributed by atoms with E-state index in [0.29, 0.717) is 11.4 Å². The minimum absolute atomic E-state index is 0.113. The minimum atomic E-state index is -4.51. The molecule has 2 amide bonds. The number of benzene rings is 2. The molecule has 200 valence electrons. The topological polar surface area (TPSA) is 98.1 Å². The van der Waals surface area contributed by atoms with Crippen LogP contribution in [0.5, 0.6) is 11.5 Å². The Morgan fingerprint density at radius 3 is 2.28 bits per heavy atom. The van der Waals surface area contributed by atoms with E-state index in [9.17, 15) is 27.2 Å². The first-order valence-electron chi connectivity index (χ1n) is 11.8. The Morgan fingerprint density at radius 2 is 1.67 bits per heavy atom. The van der Waals surface area contributed by atoms with Crippen LogP contribution in [0.2, 0.25) is 0 Å². The number of halogens is 4. The lowest BCUT2D eigenvalue weighted by Crippen LogP contribution is -2.35. The van der Waals surface area contributed by atoms with Gasteiger partial charge in [0.1, 0.15) is 22.7 Å². The summed E-state index contributed by atoms with van der Waals surface area (Å²) in [6.45, 7) is 0. The number of hydrogen-bond acceptors (Lipinski definition) is 5. The number of aryl methyl sites for hydroxylation is 1. The quantitative estimate of drug-likeness (QED) is 0.229. The Labute approximate surface area is 219 Å². The highest BCUT2D eigenvalue weighted by molar-refractivity contribution is 6.16. The van der Waals surface area contributed by atoms with Gasteiger partial charge in [-0.25, -0.2) is 4.39 Å². The first kappa shape index (κ1) is 25.9. The summed E-state index contributed by atoms with van der Waals surface area (Å²) in [5.41, 5.74) is -0.934. The maximum Gasteiger partial charge on any atom is 0.416 e. The molecule has 0 saturated heterocycles. The standard InChI is InChI=1S/C27H21F4N5O3/c1-36-15-16(14-33-36)23-13-20(8-11-32-23)39-19-6-7-22(21(28)12-19)35-25(38)26(9-10-26)24(37)34-18-4-2-17(3-5-18)27(29,30)31/h2-8,11-15H,9-10H2,1H3,(H,34,37)(H,35,38). The second-order valence-electron chi connectivity index (χ2n) is 9.09. The van der Waals surface area contributed by atoms with Crippen LogP contribution in [-0.2, 0) is 22.8 Å². The summed E-state index contributed by atoms with van der Waals surface area (Å²) < 4.78 is 60.5. The van der Waals surface area contributed by atoms with Gasteiger partial charge in [-0.15, -0.1) is 0 Å². The highest BCUT2D eigenvalue weighted by Gasteiger charge is 2.56. The van der Waals surface area contributed by atoms with E-state index in [1.165, 1.54) is 12.1 Å². The van der Waals surface area contributed by atoms with E-state index in [0.717, 1.165) is 35.9 Å². The van der Waals surface area contributed by atoms with Gasteiger partial charge in [0.2, 0.25) is 11.8 Å². The van der Waals surface area contributed by atoms with Crippen molar-refractivity contribution >= 4 is 23.2 Å². The molecular weight excluding hydrogens is 518 g/mol. The van der Waals surface area contributed by atoms with Crippen LogP contribution in [0.3, 0.4) is 0 Å². The highest BCUT2D eigenvalue weighted by Crippen LogP contribution is 2.48. The molecule has 1 saturated carbocycles. The van der Waals surface area contributed by atoms with Crippen molar-refractivity contribution in [2.75, 3.05) is 10.6 Å². The first-order chi connectivity index (χ1) is 18.5. The van der Waals surface area contributed by atoms with Crippen molar-refractivity contribution in [1.29, 1.82) is 0 Å². The van der Waals surface area contributed by atoms with Crippen molar-refractivity contribution in [2.45, 2.75) is 19.0 Å². The van der Waals surface area contributed by atoms with E-state index in [-0.39, 0.29) is 30.0 Å². The summed E-state index contributed by atoms with van der Waals surface area (Å²) >= 11 is 0. The van der Waals surface area contributed by atoms with Crippen molar-refractivity contribution in [3.05, 3.63) is 84.6 Å². The highest BCUT2D eigenvalue weighted by atomic mass is 19.4. The molecule has 1 aliphatic carbocycles. The third-order valence-electron chi connectivity index (χ3n) is 6.25. The van der Waals surface area contributed by atoms with Crippen LogP contribution < -0.4 is 15.4 Å². The molecule has 8 nitrogen and oxygen atoms in total.